The molecule has 6 aromatic carbocycles. The summed E-state index contributed by atoms with van der Waals surface area (Å²) in [5, 5.41) is 26.1. The van der Waals surface area contributed by atoms with Crippen molar-refractivity contribution in [1.29, 1.82) is 0 Å². The molecule has 0 unspecified atom stereocenters. The number of nitrogens with zero attached hydrogens (tertiary/aromatic N) is 6. The number of para-hydroxylation sites is 2. The second-order valence-electron chi connectivity index (χ2n) is 18.5. The molecule has 430 valence electrons. The Labute approximate surface area is 506 Å². The van der Waals surface area contributed by atoms with E-state index in [-0.39, 0.29) is 19.2 Å². The lowest BCUT2D eigenvalue weighted by atomic mass is 9.80. The second kappa shape index (κ2) is 32.3. The molecule has 0 saturated heterocycles. The van der Waals surface area contributed by atoms with E-state index in [2.05, 4.69) is 80.6 Å². The first-order valence-electron chi connectivity index (χ1n) is 26.6. The van der Waals surface area contributed by atoms with Gasteiger partial charge in [0, 0.05) is 89.9 Å². The normalized spacial score (nSPS) is 11.4. The summed E-state index contributed by atoms with van der Waals surface area (Å²) in [6.45, 7) is 2.65. The van der Waals surface area contributed by atoms with Gasteiger partial charge in [-0.25, -0.2) is 9.97 Å². The number of imidazole rings is 1. The molecule has 19 heteroatoms. The van der Waals surface area contributed by atoms with Crippen LogP contribution in [-0.4, -0.2) is 97.0 Å². The summed E-state index contributed by atoms with van der Waals surface area (Å²) in [7, 11) is -1.46. The number of amides is 2. The number of benzene rings is 6. The molecule has 0 saturated carbocycles. The molecule has 2 amide bonds. The van der Waals surface area contributed by atoms with Gasteiger partial charge in [0.2, 0.25) is 0 Å². The predicted molar refractivity (Wildman–Crippen MR) is 343 cm³/mol. The summed E-state index contributed by atoms with van der Waals surface area (Å²) in [4.78, 5) is 76.3. The number of hydrogen-bond acceptors (Lipinski definition) is 14. The molecule has 0 spiro atoms. The molecule has 13 rings (SSSR count). The van der Waals surface area contributed by atoms with E-state index < -0.39 is 7.12 Å². The first-order chi connectivity index (χ1) is 41.5. The Kier molecular flexibility index (Phi) is 23.7. The largest absolute Gasteiger partial charge is 0.488 e. The van der Waals surface area contributed by atoms with Crippen LogP contribution in [0.3, 0.4) is 0 Å². The Morgan fingerprint density at radius 2 is 0.907 bits per heavy atom. The molecule has 86 heavy (non-hydrogen) atoms. The maximum absolute atomic E-state index is 12.3. The van der Waals surface area contributed by atoms with Crippen LogP contribution < -0.4 is 27.1 Å². The number of carbonyl (C=O) groups is 5. The highest BCUT2D eigenvalue weighted by Crippen LogP contribution is 2.30. The number of halogens is 1. The molecular weight excluding hydrogens is 1150 g/mol. The Morgan fingerprint density at radius 1 is 0.477 bits per heavy atom. The number of nitrogen functional groups attached to an aromatic ring is 1. The number of aromatic nitrogens is 6. The number of nitrogens with two attached hydrogens (primary N) is 1. The minimum Gasteiger partial charge on any atom is -0.423 e. The van der Waals surface area contributed by atoms with E-state index in [0.29, 0.717) is 71.4 Å². The van der Waals surface area contributed by atoms with Crippen molar-refractivity contribution >= 4 is 81.6 Å². The molecule has 2 aliphatic heterocycles. The van der Waals surface area contributed by atoms with Crippen LogP contribution in [0.1, 0.15) is 59.2 Å². The van der Waals surface area contributed by atoms with E-state index >= 15 is 0 Å². The highest BCUT2D eigenvalue weighted by atomic mass is 79.9. The van der Waals surface area contributed by atoms with Crippen molar-refractivity contribution < 1.29 is 34.0 Å². The number of anilines is 2. The van der Waals surface area contributed by atoms with Gasteiger partial charge in [-0.2, -0.15) is 0 Å². The highest BCUT2D eigenvalue weighted by molar-refractivity contribution is 9.10. The van der Waals surface area contributed by atoms with Crippen molar-refractivity contribution in [2.75, 3.05) is 30.7 Å². The van der Waals surface area contributed by atoms with Gasteiger partial charge in [0.1, 0.15) is 29.3 Å². The number of aldehydes is 3. The van der Waals surface area contributed by atoms with Crippen molar-refractivity contribution in [3.8, 4) is 45.2 Å². The van der Waals surface area contributed by atoms with Gasteiger partial charge in [0.05, 0.1) is 50.6 Å². The van der Waals surface area contributed by atoms with Gasteiger partial charge < -0.3 is 36.3 Å². The lowest BCUT2D eigenvalue weighted by Gasteiger charge is -2.08. The molecule has 5 aromatic heterocycles. The second-order valence-corrected chi connectivity index (χ2v) is 19.3. The first-order valence-corrected chi connectivity index (χ1v) is 27.4. The molecule has 0 radical (unpaired) electrons. The average molecular weight is 1210 g/mol. The molecule has 2 aliphatic rings. The van der Waals surface area contributed by atoms with Crippen LogP contribution in [0, 0.1) is 0 Å². The highest BCUT2D eigenvalue weighted by Gasteiger charge is 2.22. The zero-order valence-electron chi connectivity index (χ0n) is 45.7. The van der Waals surface area contributed by atoms with Crippen LogP contribution in [0.2, 0.25) is 0 Å². The minimum atomic E-state index is -1.46. The van der Waals surface area contributed by atoms with Crippen LogP contribution in [0.5, 0.6) is 0 Å². The van der Waals surface area contributed by atoms with E-state index in [9.17, 15) is 24.0 Å². The third kappa shape index (κ3) is 17.5. The van der Waals surface area contributed by atoms with Crippen LogP contribution in [0.25, 0.3) is 56.2 Å². The fraction of sp³-hybridized carbons (Fsp3) is 0.0746. The van der Waals surface area contributed by atoms with Gasteiger partial charge in [0.25, 0.3) is 11.8 Å². The fourth-order valence-corrected chi connectivity index (χ4v) is 8.81. The van der Waals surface area contributed by atoms with Gasteiger partial charge in [-0.05, 0) is 94.2 Å². The predicted octanol–water partition coefficient (Wildman–Crippen LogP) is 10.7. The number of fused-ring (bicyclic) bond motifs is 1. The van der Waals surface area contributed by atoms with Crippen molar-refractivity contribution in [3.05, 3.63) is 263 Å². The molecule has 0 atom stereocenters. The standard InChI is InChI=1S/C21H16N4O.2C12H9NO.C9H11N3O.C7H7BO3.C5H4BrN.CH4/c26-21-16-4-3-6-18-19(16)25(13-12-23-21)20(24-18)15-9-7-14(8-10-15)17-5-1-2-11-22-17;2*14-9-10-4-6-11(7-5-10)12-3-1-2-8-13-12;10-7-3-1-2-6-8(7)11-4-5-12-9(6)13;9-5-6-1-3-7(4-2-6)8(10)11;6-5-3-1-2-4-7-5;/h1-11H,12-13H2,(H,23,26);2*1-9H;1-3,11H,4-5,10H2,(H,12,13);1-5,10-11H;1-4H;1H4. The third-order valence-corrected chi connectivity index (χ3v) is 13.3. The average Bonchev–Trinajstić information content (AvgIpc) is 1.95. The van der Waals surface area contributed by atoms with Gasteiger partial charge in [-0.3, -0.25) is 38.9 Å². The van der Waals surface area contributed by atoms with E-state index in [1.165, 1.54) is 24.3 Å². The lowest BCUT2D eigenvalue weighted by molar-refractivity contribution is 0.0949. The quantitative estimate of drug-likeness (QED) is 0.0358. The summed E-state index contributed by atoms with van der Waals surface area (Å²) in [6.07, 6.45) is 9.41. The molecule has 7 heterocycles. The Bertz CT molecular complexity index is 3860. The summed E-state index contributed by atoms with van der Waals surface area (Å²) < 4.78 is 3.02. The Morgan fingerprint density at radius 3 is 1.36 bits per heavy atom. The summed E-state index contributed by atoms with van der Waals surface area (Å²) in [5.41, 5.74) is 19.4. The van der Waals surface area contributed by atoms with E-state index in [1.54, 1.807) is 67.3 Å². The molecule has 0 aliphatic carbocycles. The zero-order chi connectivity index (χ0) is 59.8. The molecule has 0 bridgehead atoms. The van der Waals surface area contributed by atoms with Gasteiger partial charge in [0.15, 0.2) is 0 Å². The maximum Gasteiger partial charge on any atom is 0.488 e. The van der Waals surface area contributed by atoms with Crippen molar-refractivity contribution in [2.24, 2.45) is 0 Å². The number of carbonyl (C=O) groups excluding carboxylic acids is 5. The topological polar surface area (TPSA) is 257 Å². The SMILES string of the molecule is Brc1ccccn1.C.Nc1cccc2c1NCCNC2=O.O=C1NCCn2c(-c3ccc(-c4ccccn4)cc3)nc3cccc1c32.O=Cc1ccc(-c2ccccn2)cc1.O=Cc1ccc(-c2ccccn2)cc1.O=Cc1ccc(B(O)O)cc1. The Balaban J connectivity index is 0.000000155. The van der Waals surface area contributed by atoms with Crippen LogP contribution in [-0.2, 0) is 6.54 Å². The van der Waals surface area contributed by atoms with E-state index in [1.807, 2.05) is 115 Å². The third-order valence-electron chi connectivity index (χ3n) is 12.8. The molecular formula is C67H60BBrN10O7. The smallest absolute Gasteiger partial charge is 0.423 e. The van der Waals surface area contributed by atoms with Gasteiger partial charge in [-0.1, -0.05) is 141 Å². The zero-order valence-corrected chi connectivity index (χ0v) is 47.2. The fourth-order valence-electron chi connectivity index (χ4n) is 8.54. The van der Waals surface area contributed by atoms with Crippen molar-refractivity contribution in [3.63, 3.8) is 0 Å². The van der Waals surface area contributed by atoms with Crippen LogP contribution in [0.4, 0.5) is 11.4 Å². The van der Waals surface area contributed by atoms with E-state index in [0.717, 1.165) is 79.1 Å². The number of pyridine rings is 4. The molecule has 7 N–H and O–H groups in total. The first kappa shape index (κ1) is 63.0. The summed E-state index contributed by atoms with van der Waals surface area (Å²) >= 11 is 3.20. The van der Waals surface area contributed by atoms with Crippen molar-refractivity contribution in [1.82, 2.24) is 40.1 Å². The van der Waals surface area contributed by atoms with E-state index in [4.69, 9.17) is 20.8 Å². The van der Waals surface area contributed by atoms with Gasteiger partial charge in [-0.15, -0.1) is 0 Å². The van der Waals surface area contributed by atoms with Crippen LogP contribution in [0.15, 0.2) is 236 Å². The Hall–Kier alpha value is -10.6. The number of nitrogens with one attached hydrogen (secondary N) is 3. The number of rotatable bonds is 8. The monoisotopic (exact) mass is 1210 g/mol. The minimum absolute atomic E-state index is 0. The lowest BCUT2D eigenvalue weighted by Crippen LogP contribution is -2.29. The molecule has 17 nitrogen and oxygen atoms in total. The summed E-state index contributed by atoms with van der Waals surface area (Å²) in [6, 6.07) is 63.2. The van der Waals surface area contributed by atoms with Crippen LogP contribution >= 0.6 is 15.9 Å². The maximum atomic E-state index is 12.3. The van der Waals surface area contributed by atoms with Crippen molar-refractivity contribution in [2.45, 2.75) is 14.0 Å². The summed E-state index contributed by atoms with van der Waals surface area (Å²) in [5.74, 6) is 0.787. The molecule has 11 aromatic rings. The number of hydrogen-bond donors (Lipinski definition) is 6. The molecule has 0 fully saturated rings. The van der Waals surface area contributed by atoms with Gasteiger partial charge >= 0.3 is 7.12 Å².